The van der Waals surface area contributed by atoms with Crippen LogP contribution < -0.4 is 0 Å². The van der Waals surface area contributed by atoms with Crippen molar-refractivity contribution in [2.24, 2.45) is 0 Å². The summed E-state index contributed by atoms with van der Waals surface area (Å²) in [6.07, 6.45) is -8.62. The molecule has 1 aliphatic heterocycles. The monoisotopic (exact) mass is 206 g/mol. The third-order valence-corrected chi connectivity index (χ3v) is 2.76. The Morgan fingerprint density at radius 1 is 0.929 bits per heavy atom. The lowest BCUT2D eigenvalue weighted by Crippen LogP contribution is -2.66. The van der Waals surface area contributed by atoms with Crippen LogP contribution in [0.15, 0.2) is 0 Å². The zero-order valence-electron chi connectivity index (χ0n) is 6.94. The van der Waals surface area contributed by atoms with Gasteiger partial charge in [-0.2, -0.15) is 0 Å². The van der Waals surface area contributed by atoms with Crippen LogP contribution in [-0.4, -0.2) is 67.6 Å². The Morgan fingerprint density at radius 2 is 1.29 bits per heavy atom. The maximum Gasteiger partial charge on any atom is 0.357 e. The average Bonchev–Trinajstić information content (AvgIpc) is 2.83. The first-order valence-corrected chi connectivity index (χ1v) is 4.06. The Labute approximate surface area is 78.2 Å². The largest absolute Gasteiger partial charge is 0.438 e. The van der Waals surface area contributed by atoms with E-state index < -0.39 is 42.1 Å². The lowest BCUT2D eigenvalue weighted by atomic mass is 9.78. The van der Waals surface area contributed by atoms with Crippen molar-refractivity contribution in [3.05, 3.63) is 0 Å². The van der Waals surface area contributed by atoms with E-state index >= 15 is 0 Å². The third kappa shape index (κ3) is 0.904. The van der Waals surface area contributed by atoms with Crippen LogP contribution >= 0.6 is 0 Å². The maximum atomic E-state index is 10.8. The van der Waals surface area contributed by atoms with Crippen molar-refractivity contribution in [1.29, 1.82) is 0 Å². The Morgan fingerprint density at radius 3 is 1.57 bits per heavy atom. The Bertz CT molecular complexity index is 261. The molecule has 2 aliphatic rings. The highest BCUT2D eigenvalue weighted by atomic mass is 16.7. The van der Waals surface area contributed by atoms with Gasteiger partial charge in [-0.1, -0.05) is 0 Å². The van der Waals surface area contributed by atoms with Crippen LogP contribution in [0.2, 0.25) is 0 Å². The third-order valence-electron chi connectivity index (χ3n) is 2.76. The first kappa shape index (κ1) is 9.81. The van der Waals surface area contributed by atoms with Crippen molar-refractivity contribution in [3.8, 4) is 0 Å². The predicted octanol–water partition coefficient (Wildman–Crippen LogP) is -3.90. The zero-order chi connectivity index (χ0) is 10.7. The van der Waals surface area contributed by atoms with E-state index in [-0.39, 0.29) is 0 Å². The first-order valence-electron chi connectivity index (χ1n) is 4.06. The van der Waals surface area contributed by atoms with Gasteiger partial charge < -0.3 is 30.3 Å². The van der Waals surface area contributed by atoms with E-state index in [9.17, 15) is 25.2 Å². The molecule has 0 amide bonds. The van der Waals surface area contributed by atoms with Crippen LogP contribution in [0, 0.1) is 0 Å². The molecule has 1 saturated carbocycles. The number of aliphatic hydroxyl groups excluding tert-OH is 5. The number of aliphatic hydroxyl groups is 5. The van der Waals surface area contributed by atoms with Crippen LogP contribution in [0.4, 0.5) is 0 Å². The van der Waals surface area contributed by atoms with Gasteiger partial charge in [-0.05, 0) is 0 Å². The molecule has 1 heterocycles. The van der Waals surface area contributed by atoms with Crippen LogP contribution in [0.1, 0.15) is 0 Å². The molecule has 0 bridgehead atoms. The van der Waals surface area contributed by atoms with Gasteiger partial charge in [-0.3, -0.25) is 0 Å². The average molecular weight is 206 g/mol. The topological polar surface area (TPSA) is 131 Å². The molecule has 0 radical (unpaired) electrons. The molecule has 7 nitrogen and oxygen atoms in total. The summed E-state index contributed by atoms with van der Waals surface area (Å²) in [4.78, 5) is 10.8. The molecule has 5 N–H and O–H groups in total. The van der Waals surface area contributed by atoms with Gasteiger partial charge in [0.1, 0.15) is 30.5 Å². The van der Waals surface area contributed by atoms with Crippen molar-refractivity contribution < 1.29 is 35.1 Å². The number of rotatable bonds is 0. The van der Waals surface area contributed by atoms with Gasteiger partial charge in [0.15, 0.2) is 0 Å². The molecule has 0 aromatic carbocycles. The molecule has 2 rings (SSSR count). The summed E-state index contributed by atoms with van der Waals surface area (Å²) >= 11 is 0. The van der Waals surface area contributed by atoms with E-state index in [1.54, 1.807) is 0 Å². The summed E-state index contributed by atoms with van der Waals surface area (Å²) < 4.78 is 4.39. The van der Waals surface area contributed by atoms with E-state index in [1.165, 1.54) is 0 Å². The number of carbonyl (C=O) groups is 1. The minimum atomic E-state index is -1.96. The van der Waals surface area contributed by atoms with Crippen molar-refractivity contribution in [2.45, 2.75) is 36.1 Å². The zero-order valence-corrected chi connectivity index (χ0v) is 6.94. The molecule has 1 spiro atoms. The van der Waals surface area contributed by atoms with Gasteiger partial charge in [0.05, 0.1) is 0 Å². The summed E-state index contributed by atoms with van der Waals surface area (Å²) in [5.74, 6) is -0.900. The molecule has 1 saturated heterocycles. The molecule has 4 unspecified atom stereocenters. The van der Waals surface area contributed by atoms with Crippen LogP contribution in [0.5, 0.6) is 0 Å². The van der Waals surface area contributed by atoms with Gasteiger partial charge in [0.2, 0.25) is 0 Å². The van der Waals surface area contributed by atoms with Crippen molar-refractivity contribution in [1.82, 2.24) is 0 Å². The summed E-state index contributed by atoms with van der Waals surface area (Å²) in [5.41, 5.74) is -1.96. The second kappa shape index (κ2) is 2.65. The standard InChI is InChI=1S/C7H10O7/c8-1-2(9)4(11)7(6(13)14-7)5(12)3(1)10/h1-5,8-12H. The Kier molecular flexibility index (Phi) is 1.85. The molecule has 14 heavy (non-hydrogen) atoms. The summed E-state index contributed by atoms with van der Waals surface area (Å²) in [6.45, 7) is 0. The summed E-state index contributed by atoms with van der Waals surface area (Å²) in [6, 6.07) is 0. The predicted molar refractivity (Wildman–Crippen MR) is 38.9 cm³/mol. The minimum Gasteiger partial charge on any atom is -0.438 e. The number of hydrogen-bond acceptors (Lipinski definition) is 7. The van der Waals surface area contributed by atoms with Gasteiger partial charge in [-0.15, -0.1) is 0 Å². The van der Waals surface area contributed by atoms with Crippen molar-refractivity contribution >= 4 is 5.97 Å². The second-order valence-corrected chi connectivity index (χ2v) is 3.54. The lowest BCUT2D eigenvalue weighted by molar-refractivity contribution is -0.209. The highest BCUT2D eigenvalue weighted by Gasteiger charge is 2.75. The van der Waals surface area contributed by atoms with Crippen LogP contribution in [0.3, 0.4) is 0 Å². The molecule has 2 fully saturated rings. The molecule has 4 atom stereocenters. The van der Waals surface area contributed by atoms with E-state index in [1.807, 2.05) is 0 Å². The lowest BCUT2D eigenvalue weighted by Gasteiger charge is -2.38. The van der Waals surface area contributed by atoms with Crippen LogP contribution in [-0.2, 0) is 9.53 Å². The Hall–Kier alpha value is -0.730. The molecule has 1 aliphatic carbocycles. The Balaban J connectivity index is 2.32. The molecule has 80 valence electrons. The molecule has 7 heteroatoms. The number of carbonyl (C=O) groups excluding carboxylic acids is 1. The quantitative estimate of drug-likeness (QED) is 0.256. The number of epoxide rings is 1. The fourth-order valence-corrected chi connectivity index (χ4v) is 1.75. The van der Waals surface area contributed by atoms with Gasteiger partial charge >= 0.3 is 5.97 Å². The highest BCUT2D eigenvalue weighted by molar-refractivity contribution is 5.95. The summed E-state index contributed by atoms with van der Waals surface area (Å²) in [5, 5.41) is 46.3. The minimum absolute atomic E-state index is 0.900. The van der Waals surface area contributed by atoms with Crippen molar-refractivity contribution in [2.75, 3.05) is 0 Å². The molecule has 0 aromatic heterocycles. The smallest absolute Gasteiger partial charge is 0.357 e. The normalized spacial score (nSPS) is 57.2. The van der Waals surface area contributed by atoms with Crippen molar-refractivity contribution in [3.63, 3.8) is 0 Å². The molecular formula is C7H10O7. The van der Waals surface area contributed by atoms with Crippen LogP contribution in [0.25, 0.3) is 0 Å². The maximum absolute atomic E-state index is 10.8. The van der Waals surface area contributed by atoms with E-state index in [0.717, 1.165) is 0 Å². The highest BCUT2D eigenvalue weighted by Crippen LogP contribution is 2.43. The van der Waals surface area contributed by atoms with E-state index in [4.69, 9.17) is 5.11 Å². The SMILES string of the molecule is O=C1OC12C(O)C(O)C(O)C(O)C2O. The van der Waals surface area contributed by atoms with Gasteiger partial charge in [0.25, 0.3) is 5.60 Å². The second-order valence-electron chi connectivity index (χ2n) is 3.54. The number of hydrogen-bond donors (Lipinski definition) is 5. The molecule has 0 aromatic rings. The van der Waals surface area contributed by atoms with Gasteiger partial charge in [-0.25, -0.2) is 4.79 Å². The van der Waals surface area contributed by atoms with Gasteiger partial charge in [0, 0.05) is 0 Å². The number of ether oxygens (including phenoxy) is 1. The molecular weight excluding hydrogens is 196 g/mol. The first-order chi connectivity index (χ1) is 6.43. The van der Waals surface area contributed by atoms with E-state index in [0.29, 0.717) is 0 Å². The fourth-order valence-electron chi connectivity index (χ4n) is 1.75. The summed E-state index contributed by atoms with van der Waals surface area (Å²) in [7, 11) is 0. The fraction of sp³-hybridized carbons (Fsp3) is 0.857. The van der Waals surface area contributed by atoms with E-state index in [2.05, 4.69) is 4.74 Å².